The van der Waals surface area contributed by atoms with Gasteiger partial charge in [0.2, 0.25) is 5.95 Å². The molecule has 0 aliphatic carbocycles. The first-order chi connectivity index (χ1) is 3.93. The highest BCUT2D eigenvalue weighted by atomic mass is 32.1. The molecule has 0 bridgehead atoms. The fourth-order valence-electron chi connectivity index (χ4n) is 0.249. The number of hydrogen-bond acceptors (Lipinski definition) is 4. The fourth-order valence-corrected chi connectivity index (χ4v) is 0.616. The summed E-state index contributed by atoms with van der Waals surface area (Å²) < 4.78 is 3.62. The van der Waals surface area contributed by atoms with Crippen LogP contribution in [0.3, 0.4) is 0 Å². The molecule has 0 radical (unpaired) electrons. The summed E-state index contributed by atoms with van der Waals surface area (Å²) >= 11 is 1.15. The van der Waals surface area contributed by atoms with Gasteiger partial charge in [-0.2, -0.15) is 4.37 Å². The second kappa shape index (κ2) is 2.25. The molecule has 8 heavy (non-hydrogen) atoms. The van der Waals surface area contributed by atoms with Gasteiger partial charge in [-0.1, -0.05) is 0 Å². The van der Waals surface area contributed by atoms with Gasteiger partial charge in [0.15, 0.2) is 0 Å². The Labute approximate surface area is 48.8 Å². The van der Waals surface area contributed by atoms with Gasteiger partial charge in [-0.15, -0.1) is 0 Å². The van der Waals surface area contributed by atoms with Gasteiger partial charge in [0, 0.05) is 4.91 Å². The second-order valence-electron chi connectivity index (χ2n) is 0.921. The zero-order valence-electron chi connectivity index (χ0n) is 3.72. The van der Waals surface area contributed by atoms with Crippen molar-refractivity contribution < 1.29 is 0 Å². The summed E-state index contributed by atoms with van der Waals surface area (Å²) in [6.07, 6.45) is 0. The van der Waals surface area contributed by atoms with E-state index in [0.29, 0.717) is 0 Å². The highest BCUT2D eigenvalue weighted by Gasteiger charge is 1.85. The minimum absolute atomic E-state index is 0.192. The van der Waals surface area contributed by atoms with Gasteiger partial charge in [0.25, 0.3) is 0 Å². The second-order valence-corrected chi connectivity index (χ2v) is 1.52. The van der Waals surface area contributed by atoms with E-state index >= 15 is 0 Å². The predicted octanol–water partition coefficient (Wildman–Crippen LogP) is 1.48. The van der Waals surface area contributed by atoms with Crippen molar-refractivity contribution in [1.29, 1.82) is 0 Å². The Morgan fingerprint density at radius 2 is 2.75 bits per heavy atom. The Morgan fingerprint density at radius 1 is 1.88 bits per heavy atom. The molecule has 0 atom stereocenters. The van der Waals surface area contributed by atoms with Crippen molar-refractivity contribution >= 4 is 17.5 Å². The minimum atomic E-state index is 0.192. The summed E-state index contributed by atoms with van der Waals surface area (Å²) in [7, 11) is 0. The van der Waals surface area contributed by atoms with Crippen LogP contribution in [0.4, 0.5) is 5.95 Å². The summed E-state index contributed by atoms with van der Waals surface area (Å²) in [5.41, 5.74) is 9.32. The molecular formula is C2HN5S. The van der Waals surface area contributed by atoms with Crippen LogP contribution in [0.2, 0.25) is 0 Å². The van der Waals surface area contributed by atoms with Crippen LogP contribution in [-0.2, 0) is 0 Å². The molecule has 0 aliphatic rings. The van der Waals surface area contributed by atoms with Crippen molar-refractivity contribution in [2.75, 3.05) is 0 Å². The van der Waals surface area contributed by atoms with Gasteiger partial charge < -0.3 is 0 Å². The third kappa shape index (κ3) is 0.927. The largest absolute Gasteiger partial charge is 0.229 e. The van der Waals surface area contributed by atoms with Crippen LogP contribution in [0.15, 0.2) is 10.6 Å². The average molecular weight is 127 g/mol. The first-order valence-corrected chi connectivity index (χ1v) is 2.58. The lowest BCUT2D eigenvalue weighted by Gasteiger charge is -1.66. The third-order valence-electron chi connectivity index (χ3n) is 0.484. The summed E-state index contributed by atoms with van der Waals surface area (Å²) in [6, 6.07) is 0. The lowest BCUT2D eigenvalue weighted by atomic mass is 11.1. The summed E-state index contributed by atoms with van der Waals surface area (Å²) in [6.45, 7) is 0. The smallest absolute Gasteiger partial charge is 0.222 e. The summed E-state index contributed by atoms with van der Waals surface area (Å²) in [5, 5.41) is 3.14. The van der Waals surface area contributed by atoms with Crippen LogP contribution in [0.25, 0.3) is 10.4 Å². The zero-order valence-corrected chi connectivity index (χ0v) is 4.54. The summed E-state index contributed by atoms with van der Waals surface area (Å²) in [5.74, 6) is 0.192. The monoisotopic (exact) mass is 127 g/mol. The van der Waals surface area contributed by atoms with Crippen LogP contribution in [0, 0.1) is 0 Å². The Bertz CT molecular complexity index is 196. The third-order valence-corrected chi connectivity index (χ3v) is 0.952. The lowest BCUT2D eigenvalue weighted by Crippen LogP contribution is -1.57. The van der Waals surface area contributed by atoms with Crippen molar-refractivity contribution in [1.82, 2.24) is 9.36 Å². The average Bonchev–Trinajstić information content (AvgIpc) is 2.19. The van der Waals surface area contributed by atoms with E-state index in [4.69, 9.17) is 5.53 Å². The van der Waals surface area contributed by atoms with Crippen LogP contribution in [0.1, 0.15) is 0 Å². The first-order valence-electron chi connectivity index (χ1n) is 1.75. The Kier molecular flexibility index (Phi) is 1.41. The van der Waals surface area contributed by atoms with Gasteiger partial charge in [0.1, 0.15) is 5.51 Å². The molecule has 0 aromatic carbocycles. The van der Waals surface area contributed by atoms with Gasteiger partial charge in [-0.25, -0.2) is 4.98 Å². The molecule has 1 rings (SSSR count). The molecule has 0 saturated carbocycles. The Hall–Kier alpha value is -1.13. The maximum absolute atomic E-state index is 7.82. The van der Waals surface area contributed by atoms with E-state index in [1.165, 1.54) is 5.51 Å². The Morgan fingerprint density at radius 3 is 3.25 bits per heavy atom. The van der Waals surface area contributed by atoms with Crippen LogP contribution in [0.5, 0.6) is 0 Å². The lowest BCUT2D eigenvalue weighted by molar-refractivity contribution is 1.24. The highest BCUT2D eigenvalue weighted by molar-refractivity contribution is 7.03. The van der Waals surface area contributed by atoms with Crippen molar-refractivity contribution in [3.8, 4) is 0 Å². The van der Waals surface area contributed by atoms with E-state index in [1.807, 2.05) is 0 Å². The molecular weight excluding hydrogens is 126 g/mol. The number of rotatable bonds is 1. The number of azide groups is 1. The van der Waals surface area contributed by atoms with E-state index in [-0.39, 0.29) is 5.95 Å². The molecule has 5 nitrogen and oxygen atoms in total. The Balaban J connectivity index is 2.93. The van der Waals surface area contributed by atoms with E-state index in [9.17, 15) is 0 Å². The van der Waals surface area contributed by atoms with Crippen molar-refractivity contribution in [2.24, 2.45) is 5.11 Å². The zero-order chi connectivity index (χ0) is 5.82. The van der Waals surface area contributed by atoms with Crippen molar-refractivity contribution in [3.05, 3.63) is 16.0 Å². The van der Waals surface area contributed by atoms with Gasteiger partial charge in [0.05, 0.1) is 0 Å². The molecule has 0 amide bonds. The van der Waals surface area contributed by atoms with E-state index < -0.39 is 0 Å². The quantitative estimate of drug-likeness (QED) is 0.325. The normalized spacial score (nSPS) is 8.00. The maximum Gasteiger partial charge on any atom is 0.229 e. The van der Waals surface area contributed by atoms with Gasteiger partial charge in [-0.05, 0) is 22.2 Å². The van der Waals surface area contributed by atoms with E-state index in [0.717, 1.165) is 11.5 Å². The van der Waals surface area contributed by atoms with Crippen LogP contribution < -0.4 is 0 Å². The van der Waals surface area contributed by atoms with E-state index in [1.54, 1.807) is 0 Å². The number of aromatic nitrogens is 2. The molecule has 0 unspecified atom stereocenters. The molecule has 0 aliphatic heterocycles. The highest BCUT2D eigenvalue weighted by Crippen LogP contribution is 2.02. The molecule has 0 N–H and O–H groups in total. The number of nitrogens with zero attached hydrogens (tertiary/aromatic N) is 5. The number of hydrogen-bond donors (Lipinski definition) is 0. The molecule has 0 saturated heterocycles. The van der Waals surface area contributed by atoms with Crippen LogP contribution in [-0.4, -0.2) is 9.36 Å². The molecule has 1 aromatic rings. The maximum atomic E-state index is 7.82. The standard InChI is InChI=1S/C2HN5S/c3-7-5-2-4-1-8-6-2/h1H. The molecule has 0 spiro atoms. The molecule has 6 heteroatoms. The van der Waals surface area contributed by atoms with Crippen molar-refractivity contribution in [2.45, 2.75) is 0 Å². The predicted molar refractivity (Wildman–Crippen MR) is 28.7 cm³/mol. The first kappa shape index (κ1) is 5.02. The summed E-state index contributed by atoms with van der Waals surface area (Å²) in [4.78, 5) is 6.08. The van der Waals surface area contributed by atoms with Gasteiger partial charge in [-0.3, -0.25) is 0 Å². The molecule has 1 aromatic heterocycles. The van der Waals surface area contributed by atoms with Crippen molar-refractivity contribution in [3.63, 3.8) is 0 Å². The van der Waals surface area contributed by atoms with E-state index in [2.05, 4.69) is 19.4 Å². The molecule has 40 valence electrons. The molecule has 0 fully saturated rings. The minimum Gasteiger partial charge on any atom is -0.222 e. The van der Waals surface area contributed by atoms with Crippen LogP contribution >= 0.6 is 11.5 Å². The topological polar surface area (TPSA) is 74.5 Å². The molecule has 1 heterocycles. The SMILES string of the molecule is [N-]=[N+]=Nc1ncsn1. The van der Waals surface area contributed by atoms with Gasteiger partial charge >= 0.3 is 0 Å². The fraction of sp³-hybridized carbons (Fsp3) is 0.